The Morgan fingerprint density at radius 1 is 0.963 bits per heavy atom. The lowest BCUT2D eigenvalue weighted by atomic mass is 9.95. The van der Waals surface area contributed by atoms with Gasteiger partial charge in [0.1, 0.15) is 0 Å². The molecule has 3 rings (SSSR count). The van der Waals surface area contributed by atoms with Gasteiger partial charge in [-0.3, -0.25) is 9.69 Å². The van der Waals surface area contributed by atoms with Gasteiger partial charge >= 0.3 is 0 Å². The first-order valence-electron chi connectivity index (χ1n) is 9.96. The Hall–Kier alpha value is -1.95. The number of amides is 1. The number of methoxy groups -OCH3 is 3. The van der Waals surface area contributed by atoms with E-state index in [0.29, 0.717) is 23.2 Å². The van der Waals surface area contributed by atoms with Crippen LogP contribution in [0.15, 0.2) is 12.1 Å². The smallest absolute Gasteiger partial charge is 0.226 e. The van der Waals surface area contributed by atoms with E-state index in [0.717, 1.165) is 64.0 Å². The second-order valence-electron chi connectivity index (χ2n) is 7.49. The maximum Gasteiger partial charge on any atom is 0.226 e. The molecule has 27 heavy (non-hydrogen) atoms. The van der Waals surface area contributed by atoms with E-state index in [1.165, 1.54) is 6.42 Å². The first-order chi connectivity index (χ1) is 13.2. The number of benzene rings is 1. The van der Waals surface area contributed by atoms with E-state index in [-0.39, 0.29) is 5.92 Å². The first-order valence-corrected chi connectivity index (χ1v) is 9.96. The Bertz CT molecular complexity index is 618. The summed E-state index contributed by atoms with van der Waals surface area (Å²) >= 11 is 0. The molecule has 0 aliphatic carbocycles. The average molecular weight is 376 g/mol. The van der Waals surface area contributed by atoms with Crippen LogP contribution in [0.4, 0.5) is 0 Å². The Kier molecular flexibility index (Phi) is 6.83. The molecule has 0 saturated carbocycles. The standard InChI is InChI=1S/C21H32N2O4/c1-25-18-12-16(13-19(26-2)20(18)27-3)14-22-9-7-8-17(15-22)21(24)23-10-5-4-6-11-23/h12-13,17H,4-11,14-15H2,1-3H3/t17-/m0/s1. The molecule has 6 nitrogen and oxygen atoms in total. The predicted octanol–water partition coefficient (Wildman–Crippen LogP) is 2.94. The maximum atomic E-state index is 12.9. The van der Waals surface area contributed by atoms with Crippen LogP contribution in [0.1, 0.15) is 37.7 Å². The molecule has 6 heteroatoms. The molecule has 0 unspecified atom stereocenters. The fraction of sp³-hybridized carbons (Fsp3) is 0.667. The molecule has 150 valence electrons. The van der Waals surface area contributed by atoms with E-state index in [9.17, 15) is 4.79 Å². The zero-order chi connectivity index (χ0) is 19.2. The highest BCUT2D eigenvalue weighted by molar-refractivity contribution is 5.79. The van der Waals surface area contributed by atoms with Crippen LogP contribution in [0.5, 0.6) is 17.2 Å². The zero-order valence-corrected chi connectivity index (χ0v) is 16.8. The molecule has 2 aliphatic heterocycles. The summed E-state index contributed by atoms with van der Waals surface area (Å²) in [5.74, 6) is 2.43. The quantitative estimate of drug-likeness (QED) is 0.764. The van der Waals surface area contributed by atoms with Crippen molar-refractivity contribution in [1.82, 2.24) is 9.80 Å². The third kappa shape index (κ3) is 4.67. The molecule has 1 atom stereocenters. The zero-order valence-electron chi connectivity index (χ0n) is 16.8. The molecule has 0 spiro atoms. The number of hydrogen-bond donors (Lipinski definition) is 0. The van der Waals surface area contributed by atoms with Gasteiger partial charge in [0.05, 0.1) is 27.2 Å². The van der Waals surface area contributed by atoms with Gasteiger partial charge in [0.2, 0.25) is 11.7 Å². The molecule has 2 heterocycles. The second-order valence-corrected chi connectivity index (χ2v) is 7.49. The monoisotopic (exact) mass is 376 g/mol. The molecule has 0 bridgehead atoms. The number of likely N-dealkylation sites (tertiary alicyclic amines) is 2. The Balaban J connectivity index is 1.67. The number of carbonyl (C=O) groups is 1. The van der Waals surface area contributed by atoms with Gasteiger partial charge < -0.3 is 19.1 Å². The first kappa shape index (κ1) is 19.8. The van der Waals surface area contributed by atoms with Crippen LogP contribution in [-0.2, 0) is 11.3 Å². The topological polar surface area (TPSA) is 51.2 Å². The van der Waals surface area contributed by atoms with E-state index in [4.69, 9.17) is 14.2 Å². The summed E-state index contributed by atoms with van der Waals surface area (Å²) in [5, 5.41) is 0. The van der Waals surface area contributed by atoms with Crippen LogP contribution in [0, 0.1) is 5.92 Å². The molecule has 1 amide bonds. The van der Waals surface area contributed by atoms with Crippen molar-refractivity contribution in [3.05, 3.63) is 17.7 Å². The van der Waals surface area contributed by atoms with Gasteiger partial charge in [-0.25, -0.2) is 0 Å². The minimum absolute atomic E-state index is 0.124. The SMILES string of the molecule is COc1cc(CN2CCC[C@H](C(=O)N3CCCCC3)C2)cc(OC)c1OC. The summed E-state index contributed by atoms with van der Waals surface area (Å²) in [5.41, 5.74) is 1.11. The second kappa shape index (κ2) is 9.31. The van der Waals surface area contributed by atoms with Crippen LogP contribution >= 0.6 is 0 Å². The van der Waals surface area contributed by atoms with Gasteiger partial charge in [0, 0.05) is 26.2 Å². The Morgan fingerprint density at radius 2 is 1.63 bits per heavy atom. The minimum Gasteiger partial charge on any atom is -0.493 e. The highest BCUT2D eigenvalue weighted by Gasteiger charge is 2.30. The van der Waals surface area contributed by atoms with Crippen molar-refractivity contribution in [2.75, 3.05) is 47.5 Å². The number of piperidine rings is 2. The molecule has 0 radical (unpaired) electrons. The summed E-state index contributed by atoms with van der Waals surface area (Å²) in [6.07, 6.45) is 5.61. The number of hydrogen-bond acceptors (Lipinski definition) is 5. The molecule has 0 aromatic heterocycles. The van der Waals surface area contributed by atoms with Gasteiger partial charge in [0.25, 0.3) is 0 Å². The number of ether oxygens (including phenoxy) is 3. The van der Waals surface area contributed by atoms with Crippen molar-refractivity contribution >= 4 is 5.91 Å². The summed E-state index contributed by atoms with van der Waals surface area (Å²) in [6.45, 7) is 4.48. The highest BCUT2D eigenvalue weighted by atomic mass is 16.5. The van der Waals surface area contributed by atoms with E-state index >= 15 is 0 Å². The number of nitrogens with zero attached hydrogens (tertiary/aromatic N) is 2. The fourth-order valence-electron chi connectivity index (χ4n) is 4.26. The predicted molar refractivity (Wildman–Crippen MR) is 105 cm³/mol. The van der Waals surface area contributed by atoms with Crippen molar-refractivity contribution < 1.29 is 19.0 Å². The van der Waals surface area contributed by atoms with Crippen LogP contribution in [-0.4, -0.2) is 63.2 Å². The normalized spacial score (nSPS) is 21.0. The third-order valence-corrected chi connectivity index (χ3v) is 5.65. The van der Waals surface area contributed by atoms with Crippen molar-refractivity contribution in [1.29, 1.82) is 0 Å². The Labute approximate surface area is 162 Å². The number of carbonyl (C=O) groups excluding carboxylic acids is 1. The van der Waals surface area contributed by atoms with Gasteiger partial charge in [-0.05, 0) is 56.3 Å². The van der Waals surface area contributed by atoms with Crippen LogP contribution in [0.3, 0.4) is 0 Å². The van der Waals surface area contributed by atoms with E-state index in [2.05, 4.69) is 9.80 Å². The summed E-state index contributed by atoms with van der Waals surface area (Å²) in [7, 11) is 4.88. The highest BCUT2D eigenvalue weighted by Crippen LogP contribution is 2.38. The van der Waals surface area contributed by atoms with Crippen LogP contribution in [0.25, 0.3) is 0 Å². The van der Waals surface area contributed by atoms with E-state index in [1.54, 1.807) is 21.3 Å². The lowest BCUT2D eigenvalue weighted by Gasteiger charge is -2.36. The molecule has 2 saturated heterocycles. The number of rotatable bonds is 6. The van der Waals surface area contributed by atoms with Crippen molar-refractivity contribution in [3.63, 3.8) is 0 Å². The third-order valence-electron chi connectivity index (χ3n) is 5.65. The van der Waals surface area contributed by atoms with E-state index < -0.39 is 0 Å². The summed E-state index contributed by atoms with van der Waals surface area (Å²) in [6, 6.07) is 3.99. The molecule has 2 fully saturated rings. The van der Waals surface area contributed by atoms with Crippen molar-refractivity contribution in [3.8, 4) is 17.2 Å². The largest absolute Gasteiger partial charge is 0.493 e. The fourth-order valence-corrected chi connectivity index (χ4v) is 4.26. The molecule has 1 aromatic rings. The minimum atomic E-state index is 0.124. The van der Waals surface area contributed by atoms with Gasteiger partial charge in [-0.2, -0.15) is 0 Å². The summed E-state index contributed by atoms with van der Waals surface area (Å²) in [4.78, 5) is 17.3. The van der Waals surface area contributed by atoms with Crippen molar-refractivity contribution in [2.24, 2.45) is 5.92 Å². The van der Waals surface area contributed by atoms with Gasteiger partial charge in [0.15, 0.2) is 11.5 Å². The van der Waals surface area contributed by atoms with Crippen LogP contribution < -0.4 is 14.2 Å². The molecule has 0 N–H and O–H groups in total. The van der Waals surface area contributed by atoms with Crippen molar-refractivity contribution in [2.45, 2.75) is 38.6 Å². The molecule has 1 aromatic carbocycles. The summed E-state index contributed by atoms with van der Waals surface area (Å²) < 4.78 is 16.3. The molecular weight excluding hydrogens is 344 g/mol. The maximum absolute atomic E-state index is 12.9. The lowest BCUT2D eigenvalue weighted by Crippen LogP contribution is -2.46. The Morgan fingerprint density at radius 3 is 2.22 bits per heavy atom. The average Bonchev–Trinajstić information content (AvgIpc) is 2.73. The van der Waals surface area contributed by atoms with Gasteiger partial charge in [-0.15, -0.1) is 0 Å². The van der Waals surface area contributed by atoms with E-state index in [1.807, 2.05) is 12.1 Å². The molecule has 2 aliphatic rings. The lowest BCUT2D eigenvalue weighted by molar-refractivity contribution is -0.138. The van der Waals surface area contributed by atoms with Gasteiger partial charge in [-0.1, -0.05) is 0 Å². The molecular formula is C21H32N2O4. The van der Waals surface area contributed by atoms with Crippen LogP contribution in [0.2, 0.25) is 0 Å².